The average Bonchev–Trinajstić information content (AvgIpc) is 3.99. The molecule has 3 fully saturated rings. The number of nitriles is 1. The second-order valence-electron chi connectivity index (χ2n) is 16.7. The van der Waals surface area contributed by atoms with Crippen LogP contribution in [0.5, 0.6) is 0 Å². The number of ether oxygens (including phenoxy) is 4. The van der Waals surface area contributed by atoms with Gasteiger partial charge < -0.3 is 40.2 Å². The third kappa shape index (κ3) is 11.6. The minimum Gasteiger partial charge on any atom is -0.382 e. The highest BCUT2D eigenvalue weighted by atomic mass is 16.6. The molecule has 5 N–H and O–H groups in total. The number of nitrogens with zero attached hydrogens (tertiary/aromatic N) is 6. The van der Waals surface area contributed by atoms with Crippen molar-refractivity contribution in [3.8, 4) is 11.9 Å². The van der Waals surface area contributed by atoms with Crippen LogP contribution in [0.2, 0.25) is 0 Å². The molecule has 4 aliphatic rings. The van der Waals surface area contributed by atoms with Crippen LogP contribution >= 0.6 is 0 Å². The van der Waals surface area contributed by atoms with Crippen LogP contribution in [0.4, 0.5) is 11.4 Å². The van der Waals surface area contributed by atoms with E-state index in [1.165, 1.54) is 6.20 Å². The number of fused-ring (bicyclic) bond motifs is 2. The van der Waals surface area contributed by atoms with Gasteiger partial charge >= 0.3 is 0 Å². The Labute approximate surface area is 385 Å². The van der Waals surface area contributed by atoms with Crippen molar-refractivity contribution in [3.05, 3.63) is 71.2 Å². The summed E-state index contributed by atoms with van der Waals surface area (Å²) in [7, 11) is 0. The van der Waals surface area contributed by atoms with E-state index >= 15 is 0 Å². The number of hydrogen-bond donors (Lipinski definition) is 5. The van der Waals surface area contributed by atoms with E-state index in [0.717, 1.165) is 17.7 Å². The summed E-state index contributed by atoms with van der Waals surface area (Å²) in [5, 5.41) is 29.3. The van der Waals surface area contributed by atoms with E-state index in [1.54, 1.807) is 47.4 Å². The third-order valence-electron chi connectivity index (χ3n) is 12.0. The van der Waals surface area contributed by atoms with Gasteiger partial charge in [-0.1, -0.05) is 6.07 Å². The van der Waals surface area contributed by atoms with Crippen LogP contribution in [0, 0.1) is 17.2 Å². The van der Waals surface area contributed by atoms with Crippen molar-refractivity contribution >= 4 is 57.9 Å². The molecule has 67 heavy (non-hydrogen) atoms. The van der Waals surface area contributed by atoms with Gasteiger partial charge in [-0.25, -0.2) is 9.97 Å². The normalized spacial score (nSPS) is 19.2. The molecular weight excluding hydrogens is 867 g/mol. The summed E-state index contributed by atoms with van der Waals surface area (Å²) >= 11 is 0. The van der Waals surface area contributed by atoms with Gasteiger partial charge in [-0.3, -0.25) is 39.0 Å². The summed E-state index contributed by atoms with van der Waals surface area (Å²) < 4.78 is 23.9. The third-order valence-corrected chi connectivity index (χ3v) is 12.0. The molecule has 1 saturated heterocycles. The highest BCUT2D eigenvalue weighted by Crippen LogP contribution is 2.33. The van der Waals surface area contributed by atoms with Gasteiger partial charge in [0.25, 0.3) is 17.7 Å². The summed E-state index contributed by atoms with van der Waals surface area (Å²) in [5.74, 6) is -2.09. The van der Waals surface area contributed by atoms with Gasteiger partial charge in [0, 0.05) is 67.0 Å². The van der Waals surface area contributed by atoms with Gasteiger partial charge in [-0.2, -0.15) is 15.0 Å². The lowest BCUT2D eigenvalue weighted by Gasteiger charge is -2.28. The molecule has 8 rings (SSSR count). The van der Waals surface area contributed by atoms with Crippen LogP contribution in [0.25, 0.3) is 16.9 Å². The Balaban J connectivity index is 0.637. The van der Waals surface area contributed by atoms with E-state index in [9.17, 15) is 34.0 Å². The Morgan fingerprint density at radius 1 is 0.776 bits per heavy atom. The number of rotatable bonds is 23. The van der Waals surface area contributed by atoms with E-state index in [4.69, 9.17) is 18.9 Å². The minimum atomic E-state index is -1.03. The summed E-state index contributed by atoms with van der Waals surface area (Å²) in [4.78, 5) is 86.4. The second kappa shape index (κ2) is 22.1. The van der Waals surface area contributed by atoms with Crippen molar-refractivity contribution in [1.82, 2.24) is 40.6 Å². The zero-order chi connectivity index (χ0) is 46.7. The Bertz CT molecular complexity index is 2530. The largest absolute Gasteiger partial charge is 0.382 e. The second-order valence-corrected chi connectivity index (χ2v) is 16.7. The van der Waals surface area contributed by atoms with Crippen LogP contribution < -0.4 is 26.6 Å². The van der Waals surface area contributed by atoms with E-state index in [2.05, 4.69) is 47.7 Å². The molecule has 0 bridgehead atoms. The molecule has 0 radical (unpaired) electrons. The summed E-state index contributed by atoms with van der Waals surface area (Å²) in [6.45, 7) is 3.60. The Morgan fingerprint density at radius 2 is 1.48 bits per heavy atom. The predicted molar refractivity (Wildman–Crippen MR) is 239 cm³/mol. The highest BCUT2D eigenvalue weighted by Gasteiger charge is 2.45. The SMILES string of the molecule is N#Cc1cnc2c(cnn2-c2cc(NC3CC3)c(C(=O)N[C@H]3CC[C@H](C(=O)NCCOCCOCCOCCOCCNc4cccc5c4C(=O)N(C4CCC(=O)NC4=O)C5=O)CC3)cn2)c1. The molecule has 21 nitrogen and oxygen atoms in total. The maximum atomic E-state index is 13.5. The van der Waals surface area contributed by atoms with Crippen molar-refractivity contribution in [3.63, 3.8) is 0 Å². The molecule has 2 aliphatic carbocycles. The number of nitrogens with one attached hydrogen (secondary N) is 5. The molecule has 6 amide bonds. The Hall–Kier alpha value is -6.86. The first kappa shape index (κ1) is 46.7. The number of anilines is 2. The monoisotopic (exact) mass is 919 g/mol. The van der Waals surface area contributed by atoms with Crippen molar-refractivity contribution in [1.29, 1.82) is 5.26 Å². The zero-order valence-corrected chi connectivity index (χ0v) is 36.9. The Kier molecular flexibility index (Phi) is 15.4. The maximum Gasteiger partial charge on any atom is 0.264 e. The quantitative estimate of drug-likeness (QED) is 0.0527. The number of carbonyl (C=O) groups excluding carboxylic acids is 6. The number of amides is 6. The lowest BCUT2D eigenvalue weighted by molar-refractivity contribution is -0.136. The van der Waals surface area contributed by atoms with Crippen LogP contribution in [0.3, 0.4) is 0 Å². The minimum absolute atomic E-state index is 0.0177. The van der Waals surface area contributed by atoms with Crippen molar-refractivity contribution in [2.24, 2.45) is 5.92 Å². The van der Waals surface area contributed by atoms with Crippen molar-refractivity contribution in [2.45, 2.75) is 69.5 Å². The van der Waals surface area contributed by atoms with E-state index in [1.807, 2.05) is 0 Å². The number of benzene rings is 1. The zero-order valence-electron chi connectivity index (χ0n) is 36.9. The lowest BCUT2D eigenvalue weighted by atomic mass is 9.85. The van der Waals surface area contributed by atoms with Crippen molar-refractivity contribution < 1.29 is 47.7 Å². The maximum absolute atomic E-state index is 13.5. The Morgan fingerprint density at radius 3 is 2.18 bits per heavy atom. The van der Waals surface area contributed by atoms with Gasteiger partial charge in [-0.15, -0.1) is 0 Å². The first-order valence-electron chi connectivity index (χ1n) is 22.7. The highest BCUT2D eigenvalue weighted by molar-refractivity contribution is 6.25. The molecule has 1 unspecified atom stereocenters. The van der Waals surface area contributed by atoms with Gasteiger partial charge in [0.15, 0.2) is 11.5 Å². The molecule has 5 heterocycles. The van der Waals surface area contributed by atoms with Crippen LogP contribution in [-0.4, -0.2) is 144 Å². The molecule has 4 aromatic rings. The number of pyridine rings is 2. The molecule has 2 aliphatic heterocycles. The molecule has 2 saturated carbocycles. The molecular formula is C46H53N11O10. The van der Waals surface area contributed by atoms with Crippen LogP contribution in [0.15, 0.2) is 48.9 Å². The van der Waals surface area contributed by atoms with Gasteiger partial charge in [0.1, 0.15) is 12.1 Å². The lowest BCUT2D eigenvalue weighted by Crippen LogP contribution is -2.54. The standard InChI is InChI=1S/C46H53N11O10/c47-24-28-22-30-26-52-57(41(30)51-25-28)38-23-36(53-31-8-9-31)34(27-50-38)43(60)54-32-6-4-29(5-7-32)42(59)49-13-15-65-17-19-67-21-20-66-18-16-64-14-12-48-35-3-1-2-33-40(35)46(63)56(45(33)62)37-10-11-39(58)55-44(37)61/h1-3,22-23,25-27,29,31-32,37,48H,4-21H2,(H,49,59)(H,50,53)(H,54,60)(H,55,58,61)/t29-,32-,37?. The number of hydrogen-bond acceptors (Lipinski definition) is 16. The summed E-state index contributed by atoms with van der Waals surface area (Å²) in [6.07, 6.45) is 9.54. The topological polar surface area (TPSA) is 270 Å². The van der Waals surface area contributed by atoms with Crippen LogP contribution in [-0.2, 0) is 33.3 Å². The number of piperidine rings is 1. The summed E-state index contributed by atoms with van der Waals surface area (Å²) in [6, 6.07) is 9.69. The fourth-order valence-electron chi connectivity index (χ4n) is 8.29. The number of carbonyl (C=O) groups is 6. The molecule has 1 aromatic carbocycles. The number of imide groups is 2. The van der Waals surface area contributed by atoms with Gasteiger partial charge in [0.2, 0.25) is 17.7 Å². The fourth-order valence-corrected chi connectivity index (χ4v) is 8.29. The first-order valence-corrected chi connectivity index (χ1v) is 22.7. The molecule has 0 spiro atoms. The molecule has 1 atom stereocenters. The van der Waals surface area contributed by atoms with E-state index in [-0.39, 0.29) is 53.8 Å². The number of aromatic nitrogens is 4. The summed E-state index contributed by atoms with van der Waals surface area (Å²) in [5.41, 5.74) is 2.97. The smallest absolute Gasteiger partial charge is 0.264 e. The fraction of sp³-hybridized carbons (Fsp3) is 0.478. The van der Waals surface area contributed by atoms with Gasteiger partial charge in [0.05, 0.1) is 87.0 Å². The van der Waals surface area contributed by atoms with E-state index < -0.39 is 29.7 Å². The van der Waals surface area contributed by atoms with Gasteiger partial charge in [-0.05, 0) is 63.1 Å². The molecule has 3 aromatic heterocycles. The average molecular weight is 920 g/mol. The van der Waals surface area contributed by atoms with Crippen molar-refractivity contribution in [2.75, 3.05) is 76.6 Å². The molecule has 352 valence electrons. The first-order chi connectivity index (χ1) is 32.7. The predicted octanol–water partition coefficient (Wildman–Crippen LogP) is 2.25. The van der Waals surface area contributed by atoms with E-state index in [0.29, 0.717) is 131 Å². The van der Waals surface area contributed by atoms with Crippen LogP contribution in [0.1, 0.15) is 88.0 Å². The molecule has 21 heteroatoms.